The molecule has 0 saturated carbocycles. The molecule has 180 valence electrons. The molecule has 0 saturated heterocycles. The number of esters is 1. The van der Waals surface area contributed by atoms with Crippen molar-refractivity contribution in [2.45, 2.75) is 13.0 Å². The number of amides is 1. The van der Waals surface area contributed by atoms with Crippen molar-refractivity contribution in [2.75, 3.05) is 12.4 Å². The summed E-state index contributed by atoms with van der Waals surface area (Å²) < 4.78 is 16.5. The molecule has 0 radical (unpaired) electrons. The van der Waals surface area contributed by atoms with E-state index in [4.69, 9.17) is 13.9 Å². The van der Waals surface area contributed by atoms with Crippen molar-refractivity contribution in [1.82, 2.24) is 9.97 Å². The van der Waals surface area contributed by atoms with Gasteiger partial charge in [-0.2, -0.15) is 0 Å². The molecule has 2 aromatic heterocycles. The van der Waals surface area contributed by atoms with Crippen molar-refractivity contribution >= 4 is 39.4 Å². The fraction of sp³-hybridized carbons (Fsp3) is 0.111. The number of para-hydroxylation sites is 2. The number of ether oxygens (including phenoxy) is 2. The zero-order chi connectivity index (χ0) is 25.1. The molecular formula is C27H21N3O5S. The minimum absolute atomic E-state index is 0.248. The summed E-state index contributed by atoms with van der Waals surface area (Å²) in [5.74, 6) is -0.139. The number of methoxy groups -OCH3 is 1. The third-order valence-electron chi connectivity index (χ3n) is 5.42. The molecule has 8 nitrogen and oxygen atoms in total. The number of hydrogen-bond acceptors (Lipinski definition) is 8. The summed E-state index contributed by atoms with van der Waals surface area (Å²) in [6.07, 6.45) is -1.06. The first kappa shape index (κ1) is 23.3. The zero-order valence-electron chi connectivity index (χ0n) is 19.4. The van der Waals surface area contributed by atoms with Crippen molar-refractivity contribution < 1.29 is 23.5 Å². The molecule has 0 aliphatic heterocycles. The molecule has 5 aromatic rings. The second-order valence-electron chi connectivity index (χ2n) is 7.84. The Labute approximate surface area is 210 Å². The lowest BCUT2D eigenvalue weighted by molar-refractivity contribution is -0.123. The van der Waals surface area contributed by atoms with Crippen molar-refractivity contribution in [3.05, 3.63) is 83.7 Å². The van der Waals surface area contributed by atoms with Crippen LogP contribution in [0.3, 0.4) is 0 Å². The van der Waals surface area contributed by atoms with Crippen LogP contribution < -0.4 is 10.1 Å². The summed E-state index contributed by atoms with van der Waals surface area (Å²) in [6, 6.07) is 21.6. The van der Waals surface area contributed by atoms with Crippen LogP contribution in [0.4, 0.5) is 5.13 Å². The third-order valence-corrected chi connectivity index (χ3v) is 6.18. The summed E-state index contributed by atoms with van der Waals surface area (Å²) in [7, 11) is 1.60. The number of hydrogen-bond donors (Lipinski definition) is 1. The molecule has 1 unspecified atom stereocenters. The summed E-state index contributed by atoms with van der Waals surface area (Å²) in [5.41, 5.74) is 3.58. The Morgan fingerprint density at radius 1 is 1.00 bits per heavy atom. The lowest BCUT2D eigenvalue weighted by atomic mass is 10.1. The van der Waals surface area contributed by atoms with Gasteiger partial charge in [-0.25, -0.2) is 14.8 Å². The number of carbonyl (C=O) groups excluding carboxylic acids is 2. The number of fused-ring (bicyclic) bond motifs is 1. The molecule has 1 amide bonds. The van der Waals surface area contributed by atoms with Crippen LogP contribution in [0, 0.1) is 0 Å². The van der Waals surface area contributed by atoms with E-state index in [0.717, 1.165) is 5.56 Å². The molecule has 1 N–H and O–H groups in total. The number of rotatable bonds is 7. The average Bonchev–Trinajstić information content (AvgIpc) is 3.56. The molecule has 9 heteroatoms. The maximum Gasteiger partial charge on any atom is 0.339 e. The van der Waals surface area contributed by atoms with Gasteiger partial charge in [-0.15, -0.1) is 11.3 Å². The first-order chi connectivity index (χ1) is 17.5. The van der Waals surface area contributed by atoms with Gasteiger partial charge in [0, 0.05) is 10.9 Å². The second-order valence-corrected chi connectivity index (χ2v) is 8.70. The highest BCUT2D eigenvalue weighted by Gasteiger charge is 2.23. The molecule has 0 aliphatic rings. The number of thiazole rings is 1. The quantitative estimate of drug-likeness (QED) is 0.282. The number of nitrogens with one attached hydrogen (secondary N) is 1. The molecule has 2 heterocycles. The van der Waals surface area contributed by atoms with Crippen LogP contribution in [0.5, 0.6) is 5.75 Å². The van der Waals surface area contributed by atoms with Gasteiger partial charge in [0.15, 0.2) is 16.8 Å². The molecule has 0 bridgehead atoms. The standard InChI is InChI=1S/C27H21N3O5S/c1-16(24(31)30-27-29-22(15-36-27)17-8-7-9-18(14-17)33-2)34-26(32)20-11-4-3-10-19(20)25-28-21-12-5-6-13-23(21)35-25/h3-16H,1-2H3,(H,29,30,31). The van der Waals surface area contributed by atoms with Crippen molar-refractivity contribution in [1.29, 1.82) is 0 Å². The van der Waals surface area contributed by atoms with Gasteiger partial charge in [0.2, 0.25) is 5.89 Å². The zero-order valence-corrected chi connectivity index (χ0v) is 20.2. The first-order valence-corrected chi connectivity index (χ1v) is 12.0. The lowest BCUT2D eigenvalue weighted by Gasteiger charge is -2.13. The molecular weight excluding hydrogens is 478 g/mol. The molecule has 1 atom stereocenters. The van der Waals surface area contributed by atoms with E-state index in [-0.39, 0.29) is 5.56 Å². The Kier molecular flexibility index (Phi) is 6.46. The van der Waals surface area contributed by atoms with Gasteiger partial charge in [0.25, 0.3) is 5.91 Å². The Morgan fingerprint density at radius 2 is 1.81 bits per heavy atom. The normalized spacial score (nSPS) is 11.7. The third kappa shape index (κ3) is 4.82. The van der Waals surface area contributed by atoms with E-state index in [1.807, 2.05) is 47.8 Å². The predicted molar refractivity (Wildman–Crippen MR) is 137 cm³/mol. The second kappa shape index (κ2) is 10.0. The number of carbonyl (C=O) groups is 2. The highest BCUT2D eigenvalue weighted by Crippen LogP contribution is 2.29. The van der Waals surface area contributed by atoms with Gasteiger partial charge in [0.05, 0.1) is 23.9 Å². The van der Waals surface area contributed by atoms with Gasteiger partial charge < -0.3 is 13.9 Å². The number of nitrogens with zero attached hydrogens (tertiary/aromatic N) is 2. The SMILES string of the molecule is COc1cccc(-c2csc(NC(=O)C(C)OC(=O)c3ccccc3-c3nc4ccccc4o3)n2)c1. The van der Waals surface area contributed by atoms with Gasteiger partial charge >= 0.3 is 5.97 Å². The molecule has 0 fully saturated rings. The Hall–Kier alpha value is -4.50. The van der Waals surface area contributed by atoms with E-state index >= 15 is 0 Å². The Balaban J connectivity index is 1.28. The number of oxazole rings is 1. The molecule has 5 rings (SSSR count). The van der Waals surface area contributed by atoms with Crippen molar-refractivity contribution in [3.63, 3.8) is 0 Å². The molecule has 0 aliphatic carbocycles. The van der Waals surface area contributed by atoms with Crippen LogP contribution in [-0.4, -0.2) is 35.1 Å². The van der Waals surface area contributed by atoms with E-state index in [0.29, 0.717) is 39.1 Å². The average molecular weight is 500 g/mol. The van der Waals surface area contributed by atoms with Crippen LogP contribution >= 0.6 is 11.3 Å². The van der Waals surface area contributed by atoms with Crippen LogP contribution in [0.2, 0.25) is 0 Å². The van der Waals surface area contributed by atoms with Crippen LogP contribution in [0.1, 0.15) is 17.3 Å². The van der Waals surface area contributed by atoms with Gasteiger partial charge in [0.1, 0.15) is 11.3 Å². The van der Waals surface area contributed by atoms with Crippen LogP contribution in [-0.2, 0) is 9.53 Å². The largest absolute Gasteiger partial charge is 0.497 e. The fourth-order valence-corrected chi connectivity index (χ4v) is 4.29. The van der Waals surface area contributed by atoms with Crippen molar-refractivity contribution in [3.8, 4) is 28.5 Å². The van der Waals surface area contributed by atoms with Crippen LogP contribution in [0.25, 0.3) is 33.8 Å². The number of benzene rings is 3. The van der Waals surface area contributed by atoms with Gasteiger partial charge in [-0.3, -0.25) is 10.1 Å². The molecule has 36 heavy (non-hydrogen) atoms. The van der Waals surface area contributed by atoms with Crippen LogP contribution in [0.15, 0.2) is 82.6 Å². The lowest BCUT2D eigenvalue weighted by Crippen LogP contribution is -2.30. The van der Waals surface area contributed by atoms with Gasteiger partial charge in [-0.1, -0.05) is 36.4 Å². The summed E-state index contributed by atoms with van der Waals surface area (Å²) in [6.45, 7) is 1.51. The highest BCUT2D eigenvalue weighted by molar-refractivity contribution is 7.14. The smallest absolute Gasteiger partial charge is 0.339 e. The monoisotopic (exact) mass is 499 g/mol. The minimum atomic E-state index is -1.06. The Morgan fingerprint density at radius 3 is 2.64 bits per heavy atom. The highest BCUT2D eigenvalue weighted by atomic mass is 32.1. The molecule has 0 spiro atoms. The maximum absolute atomic E-state index is 13.0. The Bertz CT molecular complexity index is 1520. The summed E-state index contributed by atoms with van der Waals surface area (Å²) in [5, 5.41) is 4.94. The summed E-state index contributed by atoms with van der Waals surface area (Å²) in [4.78, 5) is 34.6. The fourth-order valence-electron chi connectivity index (χ4n) is 3.57. The summed E-state index contributed by atoms with van der Waals surface area (Å²) >= 11 is 1.28. The van der Waals surface area contributed by atoms with E-state index in [1.165, 1.54) is 18.3 Å². The predicted octanol–water partition coefficient (Wildman–Crippen LogP) is 5.81. The molecule has 3 aromatic carbocycles. The van der Waals surface area contributed by atoms with E-state index in [1.54, 1.807) is 37.4 Å². The van der Waals surface area contributed by atoms with Crippen molar-refractivity contribution in [2.24, 2.45) is 0 Å². The topological polar surface area (TPSA) is 104 Å². The minimum Gasteiger partial charge on any atom is -0.497 e. The van der Waals surface area contributed by atoms with E-state index < -0.39 is 18.0 Å². The van der Waals surface area contributed by atoms with Gasteiger partial charge in [-0.05, 0) is 43.3 Å². The maximum atomic E-state index is 13.0. The first-order valence-electron chi connectivity index (χ1n) is 11.1. The number of aromatic nitrogens is 2. The van der Waals surface area contributed by atoms with E-state index in [2.05, 4.69) is 15.3 Å². The van der Waals surface area contributed by atoms with E-state index in [9.17, 15) is 9.59 Å². The number of anilines is 1.